The van der Waals surface area contributed by atoms with Crippen molar-refractivity contribution in [1.29, 1.82) is 0 Å². The van der Waals surface area contributed by atoms with Gasteiger partial charge in [0.2, 0.25) is 0 Å². The van der Waals surface area contributed by atoms with Gasteiger partial charge in [-0.3, -0.25) is 9.59 Å². The third kappa shape index (κ3) is 23.6. The van der Waals surface area contributed by atoms with Crippen molar-refractivity contribution in [2.24, 2.45) is 0 Å². The molecule has 0 aromatic rings. The summed E-state index contributed by atoms with van der Waals surface area (Å²) in [7, 11) is 0. The maximum absolute atomic E-state index is 11.7. The Hall–Kier alpha value is 3.62. The van der Waals surface area contributed by atoms with Crippen molar-refractivity contribution in [1.82, 2.24) is 0 Å². The van der Waals surface area contributed by atoms with E-state index in [1.807, 2.05) is 22.6 Å². The Morgan fingerprint density at radius 1 is 0.870 bits per heavy atom. The minimum atomic E-state index is -0.444. The van der Waals surface area contributed by atoms with E-state index in [-0.39, 0.29) is 57.4 Å². The Labute approximate surface area is 235 Å². The van der Waals surface area contributed by atoms with Crippen LogP contribution in [0.15, 0.2) is 0 Å². The normalized spacial score (nSPS) is 9.70. The van der Waals surface area contributed by atoms with Crippen molar-refractivity contribution in [2.45, 2.75) is 84.5 Å². The van der Waals surface area contributed by atoms with E-state index < -0.39 is 5.97 Å². The summed E-state index contributed by atoms with van der Waals surface area (Å²) in [6.07, 6.45) is 11.0. The summed E-state index contributed by atoms with van der Waals surface area (Å²) in [6, 6.07) is 0. The van der Waals surface area contributed by atoms with E-state index in [0.29, 0.717) is 10.3 Å². The molecule has 0 aliphatic carbocycles. The van der Waals surface area contributed by atoms with Crippen LogP contribution in [-0.2, 0) is 14.3 Å². The fourth-order valence-corrected chi connectivity index (χ4v) is 2.38. The molecule has 0 N–H and O–H groups in total. The number of carbonyl (C=O) groups excluding carboxylic acids is 2. The SMILES string of the molecule is CCCCCCCC(=O)OC(=O)[C](I)CCCCCC.[KH].[K][Br]. The first-order valence-electron chi connectivity index (χ1n) is 8.25. The molecule has 1 radical (unpaired) electrons. The van der Waals surface area contributed by atoms with Crippen molar-refractivity contribution in [3.63, 3.8) is 0 Å². The minimum absolute atomic E-state index is 0. The molecule has 7 heteroatoms. The van der Waals surface area contributed by atoms with Crippen LogP contribution in [0.3, 0.4) is 0 Å². The van der Waals surface area contributed by atoms with E-state index in [9.17, 15) is 9.59 Å². The van der Waals surface area contributed by atoms with Gasteiger partial charge in [0.1, 0.15) is 3.92 Å². The summed E-state index contributed by atoms with van der Waals surface area (Å²) in [5.74, 6) is -0.824. The zero-order chi connectivity index (χ0) is 17.2. The van der Waals surface area contributed by atoms with E-state index in [1.165, 1.54) is 25.7 Å². The van der Waals surface area contributed by atoms with Crippen LogP contribution in [-0.4, -0.2) is 109 Å². The molecule has 0 aromatic carbocycles. The third-order valence-corrected chi connectivity index (χ3v) is 4.14. The van der Waals surface area contributed by atoms with Gasteiger partial charge in [0.05, 0.1) is 0 Å². The van der Waals surface area contributed by atoms with Crippen LogP contribution in [0, 0.1) is 3.92 Å². The molecule has 0 unspecified atom stereocenters. The molecule has 0 aliphatic heterocycles. The predicted octanol–water partition coefficient (Wildman–Crippen LogP) is 5.17. The maximum atomic E-state index is 11.7. The molecule has 0 aliphatic rings. The van der Waals surface area contributed by atoms with Crippen molar-refractivity contribution in [3.05, 3.63) is 3.92 Å². The molecule has 0 bridgehead atoms. The van der Waals surface area contributed by atoms with Crippen molar-refractivity contribution >= 4 is 138 Å². The van der Waals surface area contributed by atoms with E-state index in [4.69, 9.17) is 4.74 Å². The van der Waals surface area contributed by atoms with Crippen LogP contribution in [0.1, 0.15) is 84.5 Å². The van der Waals surface area contributed by atoms with Crippen molar-refractivity contribution < 1.29 is 14.3 Å². The number of esters is 2. The molecule has 0 amide bonds. The van der Waals surface area contributed by atoms with Gasteiger partial charge in [-0.05, 0) is 12.8 Å². The van der Waals surface area contributed by atoms with Crippen LogP contribution in [0.4, 0.5) is 0 Å². The molecule has 0 saturated heterocycles. The number of hydrogen-bond donors (Lipinski definition) is 0. The van der Waals surface area contributed by atoms with Gasteiger partial charge in [0.25, 0.3) is 0 Å². The number of halogens is 2. The molecule has 0 heterocycles. The van der Waals surface area contributed by atoms with Crippen LogP contribution in [0.25, 0.3) is 0 Å². The van der Waals surface area contributed by atoms with Crippen molar-refractivity contribution in [3.8, 4) is 0 Å². The second-order valence-electron chi connectivity index (χ2n) is 5.14. The average Bonchev–Trinajstić information content (AvgIpc) is 2.53. The summed E-state index contributed by atoms with van der Waals surface area (Å²) >= 11 is 2.87. The van der Waals surface area contributed by atoms with E-state index in [2.05, 4.69) is 20.4 Å². The van der Waals surface area contributed by atoms with Gasteiger partial charge in [-0.15, -0.1) is 0 Å². The molecule has 0 saturated carbocycles. The Morgan fingerprint density at radius 3 is 1.83 bits per heavy atom. The quantitative estimate of drug-likeness (QED) is 0.110. The summed E-state index contributed by atoms with van der Waals surface area (Å²) in [5.41, 5.74) is 0. The van der Waals surface area contributed by atoms with Gasteiger partial charge < -0.3 is 4.74 Å². The van der Waals surface area contributed by atoms with Gasteiger partial charge in [-0.1, -0.05) is 87.8 Å². The molecule has 3 nitrogen and oxygen atoms in total. The zero-order valence-corrected chi connectivity index (χ0v) is 21.1. The number of ether oxygens (including phenoxy) is 1. The summed E-state index contributed by atoms with van der Waals surface area (Å²) < 4.78 is 5.49. The Balaban J connectivity index is -0.00000128. The molecule has 0 fully saturated rings. The number of unbranched alkanes of at least 4 members (excludes halogenated alkanes) is 7. The average molecular weight is 554 g/mol. The van der Waals surface area contributed by atoms with E-state index in [0.717, 1.165) is 83.9 Å². The van der Waals surface area contributed by atoms with Gasteiger partial charge in [-0.25, -0.2) is 0 Å². The first-order valence-corrected chi connectivity index (χ1v) is 17.1. The van der Waals surface area contributed by atoms with Crippen LogP contribution >= 0.6 is 29.2 Å². The van der Waals surface area contributed by atoms with Crippen LogP contribution in [0.2, 0.25) is 0 Å². The summed E-state index contributed by atoms with van der Waals surface area (Å²) in [6.45, 7) is 7.44. The Morgan fingerprint density at radius 2 is 1.30 bits per heavy atom. The standard InChI is InChI=1S/C16H28IO3.BrH.2K.H/c1-3-5-7-9-11-13-15(18)20-16(19)14(17)12-10-8-6-4-2;;;;/h3-13H2,1-2H3;1H;;;/q;;;+1;/p-1. The second kappa shape index (κ2) is 25.6. The summed E-state index contributed by atoms with van der Waals surface area (Å²) in [4.78, 5) is 23.2. The topological polar surface area (TPSA) is 43.4 Å². The van der Waals surface area contributed by atoms with Gasteiger partial charge in [0, 0.05) is 6.42 Å². The molecule has 127 valence electrons. The first kappa shape index (κ1) is 31.3. The Kier molecular flexibility index (Phi) is 34.9. The van der Waals surface area contributed by atoms with E-state index in [1.54, 1.807) is 0 Å². The van der Waals surface area contributed by atoms with Gasteiger partial charge in [-0.2, -0.15) is 0 Å². The van der Waals surface area contributed by atoms with Crippen LogP contribution < -0.4 is 0 Å². The third-order valence-electron chi connectivity index (χ3n) is 3.16. The van der Waals surface area contributed by atoms with Crippen molar-refractivity contribution in [2.75, 3.05) is 0 Å². The molecule has 0 spiro atoms. The Bertz CT molecular complexity index is 282. The number of carbonyl (C=O) groups is 2. The number of hydrogen-bond acceptors (Lipinski definition) is 3. The molecule has 0 atom stereocenters. The molecule has 23 heavy (non-hydrogen) atoms. The molecule has 0 rings (SSSR count). The van der Waals surface area contributed by atoms with E-state index >= 15 is 0 Å². The fraction of sp³-hybridized carbons (Fsp3) is 0.812. The van der Waals surface area contributed by atoms with Crippen LogP contribution in [0.5, 0.6) is 0 Å². The fourth-order valence-electron chi connectivity index (χ4n) is 1.89. The first-order chi connectivity index (χ1) is 10.6. The molecular formula is C16H29BrIK2O3. The molecule has 0 aromatic heterocycles. The van der Waals surface area contributed by atoms with Gasteiger partial charge in [0.15, 0.2) is 0 Å². The monoisotopic (exact) mass is 553 g/mol. The molecular weight excluding hydrogens is 525 g/mol. The zero-order valence-electron chi connectivity index (χ0n) is 14.3. The second-order valence-corrected chi connectivity index (χ2v) is 6.44. The van der Waals surface area contributed by atoms with Gasteiger partial charge >= 0.3 is 115 Å². The summed E-state index contributed by atoms with van der Waals surface area (Å²) in [5, 5.41) is 0. The number of rotatable bonds is 12. The predicted molar refractivity (Wildman–Crippen MR) is 112 cm³/mol.